The third-order valence-corrected chi connectivity index (χ3v) is 6.74. The summed E-state index contributed by atoms with van der Waals surface area (Å²) in [7, 11) is 0. The second-order valence-corrected chi connectivity index (χ2v) is 10.5. The van der Waals surface area contributed by atoms with E-state index in [0.29, 0.717) is 29.1 Å². The highest BCUT2D eigenvalue weighted by Crippen LogP contribution is 2.36. The van der Waals surface area contributed by atoms with Gasteiger partial charge in [0.25, 0.3) is 0 Å². The zero-order chi connectivity index (χ0) is 20.8. The molecule has 4 atom stereocenters. The molecule has 0 saturated heterocycles. The van der Waals surface area contributed by atoms with Crippen molar-refractivity contribution in [2.24, 2.45) is 29.1 Å². The van der Waals surface area contributed by atoms with Gasteiger partial charge in [0.2, 0.25) is 0 Å². The van der Waals surface area contributed by atoms with Crippen molar-refractivity contribution in [2.45, 2.75) is 94.4 Å². The first-order valence-electron chi connectivity index (χ1n) is 11.1. The smallest absolute Gasteiger partial charge is 0.00486 e. The van der Waals surface area contributed by atoms with Crippen LogP contribution < -0.4 is 0 Å². The molecule has 1 fully saturated rings. The fraction of sp³-hybridized carbons (Fsp3) is 0.704. The van der Waals surface area contributed by atoms with Gasteiger partial charge in [-0.2, -0.15) is 0 Å². The molecule has 1 aliphatic carbocycles. The lowest BCUT2D eigenvalue weighted by Crippen LogP contribution is -2.15. The Kier molecular flexibility index (Phi) is 9.32. The Morgan fingerprint density at radius 2 is 1.63 bits per heavy atom. The summed E-state index contributed by atoms with van der Waals surface area (Å²) in [6.07, 6.45) is 13.4. The van der Waals surface area contributed by atoms with Gasteiger partial charge in [-0.05, 0) is 68.6 Å². The van der Waals surface area contributed by atoms with Crippen LogP contribution in [-0.4, -0.2) is 0 Å². The minimum absolute atomic E-state index is 0.455. The Hall–Kier alpha value is -1.04. The van der Waals surface area contributed by atoms with Gasteiger partial charge < -0.3 is 0 Å². The molecule has 0 aromatic carbocycles. The molecule has 1 saturated carbocycles. The van der Waals surface area contributed by atoms with Crippen molar-refractivity contribution in [3.63, 3.8) is 0 Å². The fourth-order valence-electron chi connectivity index (χ4n) is 4.16. The Morgan fingerprint density at radius 3 is 2.15 bits per heavy atom. The summed E-state index contributed by atoms with van der Waals surface area (Å²) in [6.45, 7) is 25.3. The van der Waals surface area contributed by atoms with Crippen LogP contribution in [0.2, 0.25) is 0 Å². The first kappa shape index (κ1) is 24.0. The van der Waals surface area contributed by atoms with E-state index >= 15 is 0 Å². The maximum absolute atomic E-state index is 4.26. The second kappa shape index (κ2) is 10.5. The van der Waals surface area contributed by atoms with Crippen LogP contribution in [0.25, 0.3) is 0 Å². The summed E-state index contributed by atoms with van der Waals surface area (Å²) in [5.74, 6) is 2.46. The molecule has 1 rings (SSSR count). The van der Waals surface area contributed by atoms with Gasteiger partial charge in [-0.25, -0.2) is 0 Å². The molecule has 0 radical (unpaired) electrons. The molecule has 1 unspecified atom stereocenters. The molecule has 1 aliphatic rings. The van der Waals surface area contributed by atoms with E-state index < -0.39 is 0 Å². The van der Waals surface area contributed by atoms with E-state index in [0.717, 1.165) is 0 Å². The molecule has 0 aliphatic heterocycles. The molecule has 0 heteroatoms. The SMILES string of the molecule is C=C1[C@H](C)CC(=C/C=C/C(C)/C(C)=C(\C)[C@@H](C)CCCC(C)(C)C)C[C@H]1C. The van der Waals surface area contributed by atoms with Crippen molar-refractivity contribution in [1.82, 2.24) is 0 Å². The van der Waals surface area contributed by atoms with Crippen LogP contribution in [0.4, 0.5) is 0 Å². The van der Waals surface area contributed by atoms with Gasteiger partial charge in [-0.1, -0.05) is 102 Å². The van der Waals surface area contributed by atoms with E-state index in [1.165, 1.54) is 37.7 Å². The zero-order valence-electron chi connectivity index (χ0n) is 19.8. The van der Waals surface area contributed by atoms with Crippen molar-refractivity contribution >= 4 is 0 Å². The number of hydrogen-bond donors (Lipinski definition) is 0. The Morgan fingerprint density at radius 1 is 1.07 bits per heavy atom. The van der Waals surface area contributed by atoms with Crippen LogP contribution >= 0.6 is 0 Å². The predicted octanol–water partition coefficient (Wildman–Crippen LogP) is 8.92. The molecule has 154 valence electrons. The summed E-state index contributed by atoms with van der Waals surface area (Å²) in [5, 5.41) is 0. The van der Waals surface area contributed by atoms with Crippen molar-refractivity contribution < 1.29 is 0 Å². The third-order valence-electron chi connectivity index (χ3n) is 6.74. The monoisotopic (exact) mass is 370 g/mol. The van der Waals surface area contributed by atoms with Crippen LogP contribution in [0.3, 0.4) is 0 Å². The first-order chi connectivity index (χ1) is 12.4. The molecule has 0 bridgehead atoms. The predicted molar refractivity (Wildman–Crippen MR) is 124 cm³/mol. The largest absolute Gasteiger partial charge is 0.0993 e. The third kappa shape index (κ3) is 8.24. The molecule has 0 N–H and O–H groups in total. The standard InChI is InChI=1S/C27H46/c1-19(13-11-15-26-17-21(3)23(5)22(4)18-26)24(6)25(7)20(2)14-12-16-27(8,9)10/h11,13,15,19-22H,5,12,14,16-18H2,1-4,6-10H3/b13-11+,25-24+/t19?,20-,21+,22+/m0/s1. The van der Waals surface area contributed by atoms with E-state index in [1.807, 2.05) is 0 Å². The van der Waals surface area contributed by atoms with Crippen molar-refractivity contribution in [3.05, 3.63) is 47.1 Å². The lowest BCUT2D eigenvalue weighted by molar-refractivity contribution is 0.349. The molecular formula is C27H46. The number of hydrogen-bond acceptors (Lipinski definition) is 0. The van der Waals surface area contributed by atoms with Crippen LogP contribution in [0.5, 0.6) is 0 Å². The number of rotatable bonds is 7. The summed E-state index contributed by atoms with van der Waals surface area (Å²) in [4.78, 5) is 0. The normalized spacial score (nSPS) is 24.8. The van der Waals surface area contributed by atoms with Gasteiger partial charge in [0, 0.05) is 0 Å². The highest BCUT2D eigenvalue weighted by atomic mass is 14.3. The topological polar surface area (TPSA) is 0 Å². The van der Waals surface area contributed by atoms with Gasteiger partial charge in [-0.3, -0.25) is 0 Å². The Labute approximate surface area is 170 Å². The fourth-order valence-corrected chi connectivity index (χ4v) is 4.16. The van der Waals surface area contributed by atoms with Crippen LogP contribution in [0, 0.1) is 29.1 Å². The van der Waals surface area contributed by atoms with E-state index in [9.17, 15) is 0 Å². The van der Waals surface area contributed by atoms with E-state index in [4.69, 9.17) is 0 Å². The van der Waals surface area contributed by atoms with Crippen LogP contribution in [0.1, 0.15) is 94.4 Å². The average molecular weight is 371 g/mol. The Balaban J connectivity index is 2.64. The molecule has 0 aromatic rings. The second-order valence-electron chi connectivity index (χ2n) is 10.5. The van der Waals surface area contributed by atoms with Gasteiger partial charge in [0.15, 0.2) is 0 Å². The maximum Gasteiger partial charge on any atom is -0.00486 e. The van der Waals surface area contributed by atoms with Gasteiger partial charge in [0.1, 0.15) is 0 Å². The van der Waals surface area contributed by atoms with Gasteiger partial charge in [0.05, 0.1) is 0 Å². The summed E-state index contributed by atoms with van der Waals surface area (Å²) in [6, 6.07) is 0. The molecular weight excluding hydrogens is 324 g/mol. The van der Waals surface area contributed by atoms with Crippen LogP contribution in [0.15, 0.2) is 47.1 Å². The average Bonchev–Trinajstić information content (AvgIpc) is 2.56. The van der Waals surface area contributed by atoms with Crippen LogP contribution in [-0.2, 0) is 0 Å². The minimum atomic E-state index is 0.455. The lowest BCUT2D eigenvalue weighted by Gasteiger charge is -2.29. The minimum Gasteiger partial charge on any atom is -0.0993 e. The summed E-state index contributed by atoms with van der Waals surface area (Å²) in [5.41, 5.74) is 6.60. The molecule has 27 heavy (non-hydrogen) atoms. The highest BCUT2D eigenvalue weighted by molar-refractivity contribution is 5.25. The highest BCUT2D eigenvalue weighted by Gasteiger charge is 2.22. The molecule has 0 heterocycles. The molecule has 0 spiro atoms. The molecule has 0 amide bonds. The Bertz CT molecular complexity index is 560. The first-order valence-corrected chi connectivity index (χ1v) is 11.1. The molecule has 0 nitrogen and oxygen atoms in total. The van der Waals surface area contributed by atoms with Gasteiger partial charge in [-0.15, -0.1) is 0 Å². The lowest BCUT2D eigenvalue weighted by atomic mass is 9.76. The van der Waals surface area contributed by atoms with Crippen molar-refractivity contribution in [2.75, 3.05) is 0 Å². The quantitative estimate of drug-likeness (QED) is 0.392. The van der Waals surface area contributed by atoms with Crippen molar-refractivity contribution in [3.8, 4) is 0 Å². The summed E-state index contributed by atoms with van der Waals surface area (Å²) >= 11 is 0. The van der Waals surface area contributed by atoms with E-state index in [2.05, 4.69) is 87.1 Å². The number of allylic oxidation sites excluding steroid dienone is 7. The maximum atomic E-state index is 4.26. The summed E-state index contributed by atoms with van der Waals surface area (Å²) < 4.78 is 0. The molecule has 0 aromatic heterocycles. The van der Waals surface area contributed by atoms with Gasteiger partial charge >= 0.3 is 0 Å². The zero-order valence-corrected chi connectivity index (χ0v) is 19.8. The van der Waals surface area contributed by atoms with Crippen molar-refractivity contribution in [1.29, 1.82) is 0 Å². The van der Waals surface area contributed by atoms with E-state index in [1.54, 1.807) is 16.7 Å². The van der Waals surface area contributed by atoms with E-state index in [-0.39, 0.29) is 0 Å².